The molecular weight excluding hydrogens is 182 g/mol. The molecule has 0 bridgehead atoms. The molecule has 0 saturated carbocycles. The van der Waals surface area contributed by atoms with Gasteiger partial charge in [-0.25, -0.2) is 0 Å². The second kappa shape index (κ2) is 4.36. The van der Waals surface area contributed by atoms with Crippen LogP contribution < -0.4 is 5.32 Å². The monoisotopic (exact) mass is 203 g/mol. The zero-order valence-electron chi connectivity index (χ0n) is 9.52. The van der Waals surface area contributed by atoms with Crippen molar-refractivity contribution in [3.63, 3.8) is 0 Å². The van der Waals surface area contributed by atoms with Crippen LogP contribution in [0.1, 0.15) is 41.5 Å². The van der Waals surface area contributed by atoms with Gasteiger partial charge in [-0.05, 0) is 26.2 Å². The van der Waals surface area contributed by atoms with Crippen LogP contribution in [0.2, 0.25) is 0 Å². The highest BCUT2D eigenvalue weighted by Crippen LogP contribution is 2.21. The third kappa shape index (κ3) is 9.74. The molecular formula is C10H21NOS. The molecule has 0 atom stereocenters. The molecule has 0 aliphatic carbocycles. The van der Waals surface area contributed by atoms with E-state index in [1.807, 2.05) is 20.8 Å². The van der Waals surface area contributed by atoms with Crippen LogP contribution >= 0.6 is 11.8 Å². The van der Waals surface area contributed by atoms with Gasteiger partial charge in [0.15, 0.2) is 0 Å². The van der Waals surface area contributed by atoms with E-state index in [-0.39, 0.29) is 16.2 Å². The van der Waals surface area contributed by atoms with Crippen molar-refractivity contribution in [3.05, 3.63) is 0 Å². The summed E-state index contributed by atoms with van der Waals surface area (Å²) in [7, 11) is 0. The number of carbonyl (C=O) groups excluding carboxylic acids is 1. The van der Waals surface area contributed by atoms with Gasteiger partial charge < -0.3 is 5.32 Å². The summed E-state index contributed by atoms with van der Waals surface area (Å²) in [5, 5.41) is 2.99. The number of thioether (sulfide) groups is 1. The van der Waals surface area contributed by atoms with Crippen molar-refractivity contribution in [1.82, 2.24) is 5.32 Å². The number of hydrogen-bond donors (Lipinski definition) is 1. The Morgan fingerprint density at radius 1 is 1.15 bits per heavy atom. The normalized spacial score (nSPS) is 12.8. The average molecular weight is 203 g/mol. The van der Waals surface area contributed by atoms with Gasteiger partial charge in [-0.15, -0.1) is 0 Å². The van der Waals surface area contributed by atoms with Gasteiger partial charge in [0, 0.05) is 11.3 Å². The van der Waals surface area contributed by atoms with Gasteiger partial charge in [-0.2, -0.15) is 0 Å². The van der Waals surface area contributed by atoms with Crippen molar-refractivity contribution in [2.75, 3.05) is 5.75 Å². The highest BCUT2D eigenvalue weighted by atomic mass is 32.2. The topological polar surface area (TPSA) is 29.1 Å². The Morgan fingerprint density at radius 2 is 1.62 bits per heavy atom. The molecule has 0 radical (unpaired) electrons. The van der Waals surface area contributed by atoms with Crippen LogP contribution in [0.4, 0.5) is 4.79 Å². The zero-order valence-corrected chi connectivity index (χ0v) is 10.3. The lowest BCUT2D eigenvalue weighted by Crippen LogP contribution is -2.38. The van der Waals surface area contributed by atoms with Crippen molar-refractivity contribution < 1.29 is 4.79 Å². The summed E-state index contributed by atoms with van der Waals surface area (Å²) in [4.78, 5) is 11.4. The first-order valence-corrected chi connectivity index (χ1v) is 5.54. The van der Waals surface area contributed by atoms with Gasteiger partial charge in [0.1, 0.15) is 0 Å². The van der Waals surface area contributed by atoms with E-state index in [0.717, 1.165) is 5.75 Å². The molecule has 13 heavy (non-hydrogen) atoms. The summed E-state index contributed by atoms with van der Waals surface area (Å²) in [6.45, 7) is 12.4. The van der Waals surface area contributed by atoms with E-state index in [9.17, 15) is 4.79 Å². The standard InChI is InChI=1S/C10H21NOS/c1-9(2,3)7-13-8(12)11-10(4,5)6/h7H2,1-6H3,(H,11,12). The molecule has 0 fully saturated rings. The summed E-state index contributed by atoms with van der Waals surface area (Å²) in [5.74, 6) is 0.856. The highest BCUT2D eigenvalue weighted by molar-refractivity contribution is 8.13. The van der Waals surface area contributed by atoms with Gasteiger partial charge in [-0.1, -0.05) is 32.5 Å². The predicted octanol–water partition coefficient (Wildman–Crippen LogP) is 3.27. The van der Waals surface area contributed by atoms with Crippen molar-refractivity contribution in [3.8, 4) is 0 Å². The summed E-state index contributed by atoms with van der Waals surface area (Å²) in [5.41, 5.74) is 0.0852. The summed E-state index contributed by atoms with van der Waals surface area (Å²) in [6.07, 6.45) is 0. The molecule has 0 saturated heterocycles. The van der Waals surface area contributed by atoms with Crippen LogP contribution in [0.3, 0.4) is 0 Å². The Hall–Kier alpha value is -0.180. The van der Waals surface area contributed by atoms with Crippen LogP contribution in [-0.4, -0.2) is 16.5 Å². The second-order valence-corrected chi connectivity index (χ2v) is 6.46. The lowest BCUT2D eigenvalue weighted by atomic mass is 10.0. The van der Waals surface area contributed by atoms with Crippen molar-refractivity contribution >= 4 is 17.0 Å². The van der Waals surface area contributed by atoms with Crippen LogP contribution in [0.25, 0.3) is 0 Å². The maximum absolute atomic E-state index is 11.4. The predicted molar refractivity (Wildman–Crippen MR) is 60.2 cm³/mol. The maximum Gasteiger partial charge on any atom is 0.279 e. The molecule has 1 amide bonds. The molecule has 0 heterocycles. The van der Waals surface area contributed by atoms with Crippen molar-refractivity contribution in [1.29, 1.82) is 0 Å². The lowest BCUT2D eigenvalue weighted by molar-refractivity contribution is 0.253. The Balaban J connectivity index is 3.78. The summed E-state index contributed by atoms with van der Waals surface area (Å²) < 4.78 is 0. The van der Waals surface area contributed by atoms with E-state index in [4.69, 9.17) is 0 Å². The Kier molecular flexibility index (Phi) is 4.30. The van der Waals surface area contributed by atoms with Crippen LogP contribution in [0.5, 0.6) is 0 Å². The van der Waals surface area contributed by atoms with Crippen molar-refractivity contribution in [2.24, 2.45) is 5.41 Å². The first-order valence-electron chi connectivity index (χ1n) is 4.55. The van der Waals surface area contributed by atoms with Gasteiger partial charge in [0.05, 0.1) is 0 Å². The molecule has 2 nitrogen and oxygen atoms in total. The minimum atomic E-state index is -0.123. The number of amides is 1. The Morgan fingerprint density at radius 3 is 1.92 bits per heavy atom. The van der Waals surface area contributed by atoms with E-state index in [2.05, 4.69) is 26.1 Å². The van der Waals surface area contributed by atoms with E-state index in [0.29, 0.717) is 0 Å². The number of rotatable bonds is 1. The molecule has 0 aromatic carbocycles. The molecule has 0 aliphatic rings. The van der Waals surface area contributed by atoms with Gasteiger partial charge in [-0.3, -0.25) is 4.79 Å². The van der Waals surface area contributed by atoms with Crippen LogP contribution in [0, 0.1) is 5.41 Å². The number of hydrogen-bond acceptors (Lipinski definition) is 2. The number of nitrogens with one attached hydrogen (secondary N) is 1. The molecule has 0 aromatic heterocycles. The smallest absolute Gasteiger partial charge is 0.279 e. The molecule has 0 aliphatic heterocycles. The fraction of sp³-hybridized carbons (Fsp3) is 0.900. The minimum Gasteiger partial charge on any atom is -0.342 e. The highest BCUT2D eigenvalue weighted by Gasteiger charge is 2.17. The molecule has 0 unspecified atom stereocenters. The van der Waals surface area contributed by atoms with E-state index >= 15 is 0 Å². The largest absolute Gasteiger partial charge is 0.342 e. The third-order valence-corrected chi connectivity index (χ3v) is 2.49. The number of carbonyl (C=O) groups is 1. The molecule has 78 valence electrons. The summed E-state index contributed by atoms with van der Waals surface area (Å²) in [6, 6.07) is 0. The van der Waals surface area contributed by atoms with Gasteiger partial charge in [0.25, 0.3) is 5.24 Å². The molecule has 0 rings (SSSR count). The van der Waals surface area contributed by atoms with E-state index in [1.54, 1.807) is 0 Å². The second-order valence-electron chi connectivity index (χ2n) is 5.51. The SMILES string of the molecule is CC(C)(C)CSC(=O)NC(C)(C)C. The Bertz CT molecular complexity index is 176. The van der Waals surface area contributed by atoms with Crippen LogP contribution in [0.15, 0.2) is 0 Å². The zero-order chi connectivity index (χ0) is 10.7. The van der Waals surface area contributed by atoms with Gasteiger partial charge >= 0.3 is 0 Å². The minimum absolute atomic E-state index is 0.0717. The molecule has 0 aromatic rings. The third-order valence-electron chi connectivity index (χ3n) is 1.11. The molecule has 1 N–H and O–H groups in total. The first kappa shape index (κ1) is 12.8. The first-order chi connectivity index (χ1) is 5.60. The van der Waals surface area contributed by atoms with E-state index in [1.165, 1.54) is 11.8 Å². The molecule has 0 spiro atoms. The van der Waals surface area contributed by atoms with E-state index < -0.39 is 0 Å². The van der Waals surface area contributed by atoms with Gasteiger partial charge in [0.2, 0.25) is 0 Å². The quantitative estimate of drug-likeness (QED) is 0.708. The van der Waals surface area contributed by atoms with Crippen molar-refractivity contribution in [2.45, 2.75) is 47.1 Å². The fourth-order valence-corrected chi connectivity index (χ4v) is 1.57. The maximum atomic E-state index is 11.4. The average Bonchev–Trinajstić information content (AvgIpc) is 1.78. The lowest BCUT2D eigenvalue weighted by Gasteiger charge is -2.22. The van der Waals surface area contributed by atoms with Crippen LogP contribution in [-0.2, 0) is 0 Å². The fourth-order valence-electron chi connectivity index (χ4n) is 0.624. The molecule has 3 heteroatoms. The summed E-state index contributed by atoms with van der Waals surface area (Å²) >= 11 is 1.36. The Labute approximate surface area is 85.9 Å².